The number of nitrogens with one attached hydrogen (secondary N) is 2. The largest absolute Gasteiger partial charge is 0.368 e. The Morgan fingerprint density at radius 1 is 1.06 bits per heavy atom. The number of carbonyl (C=O) groups excluding carboxylic acids is 2. The maximum Gasteiger partial charge on any atom is 0.246 e. The fourth-order valence-corrected chi connectivity index (χ4v) is 6.77. The average molecular weight is 471 g/mol. The summed E-state index contributed by atoms with van der Waals surface area (Å²) in [6, 6.07) is 0. The molecule has 0 aliphatic heterocycles. The third-order valence-corrected chi connectivity index (χ3v) is 9.13. The Labute approximate surface area is 196 Å². The molecule has 5 saturated carbocycles. The lowest BCUT2D eigenvalue weighted by Gasteiger charge is -2.69. The summed E-state index contributed by atoms with van der Waals surface area (Å²) in [6.07, 6.45) is 7.29. The van der Waals surface area contributed by atoms with Crippen LogP contribution in [0, 0.1) is 22.7 Å². The number of amides is 2. The Balaban J connectivity index is 1.11. The van der Waals surface area contributed by atoms with E-state index < -0.39 is 11.5 Å². The van der Waals surface area contributed by atoms with Gasteiger partial charge in [-0.1, -0.05) is 20.8 Å². The lowest BCUT2D eigenvalue weighted by atomic mass is 9.39. The van der Waals surface area contributed by atoms with Crippen LogP contribution >= 0.6 is 11.6 Å². The summed E-state index contributed by atoms with van der Waals surface area (Å²) in [4.78, 5) is 25.1. The van der Waals surface area contributed by atoms with Gasteiger partial charge in [-0.15, -0.1) is 11.6 Å². The molecule has 7 heteroatoms. The van der Waals surface area contributed by atoms with Gasteiger partial charge in [0, 0.05) is 18.5 Å². The quantitative estimate of drug-likeness (QED) is 0.538. The fourth-order valence-electron chi connectivity index (χ4n) is 6.54. The summed E-state index contributed by atoms with van der Waals surface area (Å²) < 4.78 is 19.3. The average Bonchev–Trinajstić information content (AvgIpc) is 2.68. The van der Waals surface area contributed by atoms with Crippen molar-refractivity contribution in [2.24, 2.45) is 22.7 Å². The third kappa shape index (κ3) is 5.11. The summed E-state index contributed by atoms with van der Waals surface area (Å²) in [5.74, 6) is 1.37. The van der Waals surface area contributed by atoms with E-state index in [-0.39, 0.29) is 41.9 Å². The first-order valence-electron chi connectivity index (χ1n) is 12.5. The van der Waals surface area contributed by atoms with Crippen LogP contribution in [-0.4, -0.2) is 48.2 Å². The maximum atomic E-state index is 13.7. The maximum absolute atomic E-state index is 13.7. The minimum atomic E-state index is -1.07. The third-order valence-electron chi connectivity index (χ3n) is 8.63. The summed E-state index contributed by atoms with van der Waals surface area (Å²) >= 11 is 5.90. The molecule has 3 atom stereocenters. The van der Waals surface area contributed by atoms with Gasteiger partial charge in [0.15, 0.2) is 0 Å². The predicted octanol–water partition coefficient (Wildman–Crippen LogP) is 4.51. The molecule has 0 radical (unpaired) electrons. The van der Waals surface area contributed by atoms with Crippen molar-refractivity contribution in [2.45, 2.75) is 108 Å². The second-order valence-electron chi connectivity index (χ2n) is 12.2. The molecule has 0 aromatic rings. The minimum Gasteiger partial charge on any atom is -0.368 e. The Hall–Kier alpha value is -0.880. The molecule has 5 fully saturated rings. The standard InChI is InChI=1S/C25H40ClFN2O3/c1-23(2,3)17-6-4-16(5-7-17)11-28-22(31)24-13-25(14-24,15-24)29-21(30)12-32-18-8-9-19(26)20(27)10-18/h16-20H,4-15H2,1-3H3,(H,28,31)(H,29,30). The molecule has 0 heterocycles. The Morgan fingerprint density at radius 3 is 2.31 bits per heavy atom. The van der Waals surface area contributed by atoms with E-state index in [1.165, 1.54) is 25.7 Å². The van der Waals surface area contributed by atoms with Crippen LogP contribution in [-0.2, 0) is 14.3 Å². The van der Waals surface area contributed by atoms with Gasteiger partial charge in [0.05, 0.1) is 16.9 Å². The number of carbonyl (C=O) groups is 2. The van der Waals surface area contributed by atoms with Gasteiger partial charge >= 0.3 is 0 Å². The molecule has 0 spiro atoms. The Bertz CT molecular complexity index is 697. The van der Waals surface area contributed by atoms with Gasteiger partial charge in [-0.3, -0.25) is 9.59 Å². The van der Waals surface area contributed by atoms with Crippen LogP contribution in [0.1, 0.15) is 85.0 Å². The zero-order chi connectivity index (χ0) is 23.1. The van der Waals surface area contributed by atoms with Gasteiger partial charge in [0.2, 0.25) is 11.8 Å². The second-order valence-corrected chi connectivity index (χ2v) is 12.8. The van der Waals surface area contributed by atoms with E-state index in [9.17, 15) is 14.0 Å². The first kappa shape index (κ1) is 24.3. The summed E-state index contributed by atoms with van der Waals surface area (Å²) in [7, 11) is 0. The number of rotatable bonds is 7. The molecular weight excluding hydrogens is 431 g/mol. The summed E-state index contributed by atoms with van der Waals surface area (Å²) in [5.41, 5.74) is -0.140. The molecule has 0 aromatic carbocycles. The zero-order valence-corrected chi connectivity index (χ0v) is 20.6. The lowest BCUT2D eigenvalue weighted by Crippen LogP contribution is -2.78. The van der Waals surface area contributed by atoms with Gasteiger partial charge in [-0.2, -0.15) is 0 Å². The monoisotopic (exact) mass is 470 g/mol. The molecule has 2 amide bonds. The highest BCUT2D eigenvalue weighted by atomic mass is 35.5. The van der Waals surface area contributed by atoms with Crippen molar-refractivity contribution in [1.82, 2.24) is 10.6 Å². The van der Waals surface area contributed by atoms with Crippen molar-refractivity contribution in [3.63, 3.8) is 0 Å². The normalized spacial score (nSPS) is 41.2. The van der Waals surface area contributed by atoms with Crippen LogP contribution in [0.2, 0.25) is 0 Å². The van der Waals surface area contributed by atoms with E-state index in [2.05, 4.69) is 31.4 Å². The molecular formula is C25H40ClFN2O3. The molecule has 182 valence electrons. The number of hydrogen-bond acceptors (Lipinski definition) is 3. The van der Waals surface area contributed by atoms with Gasteiger partial charge in [-0.05, 0) is 75.0 Å². The van der Waals surface area contributed by atoms with Crippen molar-refractivity contribution < 1.29 is 18.7 Å². The number of ether oxygens (including phenoxy) is 1. The lowest BCUT2D eigenvalue weighted by molar-refractivity contribution is -0.185. The van der Waals surface area contributed by atoms with E-state index in [1.807, 2.05) is 0 Å². The van der Waals surface area contributed by atoms with Crippen molar-refractivity contribution in [3.05, 3.63) is 0 Å². The van der Waals surface area contributed by atoms with Gasteiger partial charge < -0.3 is 15.4 Å². The van der Waals surface area contributed by atoms with Crippen molar-refractivity contribution in [3.8, 4) is 0 Å². The molecule has 5 nitrogen and oxygen atoms in total. The van der Waals surface area contributed by atoms with E-state index >= 15 is 0 Å². The summed E-state index contributed by atoms with van der Waals surface area (Å²) in [5, 5.41) is 5.83. The van der Waals surface area contributed by atoms with Crippen molar-refractivity contribution >= 4 is 23.4 Å². The van der Waals surface area contributed by atoms with Crippen LogP contribution in [0.4, 0.5) is 4.39 Å². The molecule has 32 heavy (non-hydrogen) atoms. The van der Waals surface area contributed by atoms with E-state index in [0.29, 0.717) is 24.2 Å². The van der Waals surface area contributed by atoms with Crippen LogP contribution in [0.25, 0.3) is 0 Å². The Kier molecular flexibility index (Phi) is 6.86. The number of halogens is 2. The molecule has 2 bridgehead atoms. The van der Waals surface area contributed by atoms with Gasteiger partial charge in [-0.25, -0.2) is 4.39 Å². The van der Waals surface area contributed by atoms with Crippen molar-refractivity contribution in [1.29, 1.82) is 0 Å². The number of alkyl halides is 2. The minimum absolute atomic E-state index is 0.0531. The van der Waals surface area contributed by atoms with Crippen LogP contribution < -0.4 is 10.6 Å². The van der Waals surface area contributed by atoms with Gasteiger partial charge in [0.25, 0.3) is 0 Å². The van der Waals surface area contributed by atoms with Crippen LogP contribution in [0.5, 0.6) is 0 Å². The Morgan fingerprint density at radius 2 is 1.72 bits per heavy atom. The molecule has 3 unspecified atom stereocenters. The zero-order valence-electron chi connectivity index (χ0n) is 19.9. The molecule has 5 aliphatic carbocycles. The van der Waals surface area contributed by atoms with E-state index in [0.717, 1.165) is 31.7 Å². The highest BCUT2D eigenvalue weighted by Gasteiger charge is 2.72. The SMILES string of the molecule is CC(C)(C)C1CCC(CNC(=O)C23CC(NC(=O)COC4CCC(Cl)C(F)C4)(C2)C3)CC1. The fraction of sp³-hybridized carbons (Fsp3) is 0.920. The molecule has 5 aliphatic rings. The second kappa shape index (κ2) is 9.05. The molecule has 2 N–H and O–H groups in total. The highest BCUT2D eigenvalue weighted by molar-refractivity contribution is 6.21. The molecule has 0 saturated heterocycles. The number of hydrogen-bond donors (Lipinski definition) is 2. The van der Waals surface area contributed by atoms with Crippen molar-refractivity contribution in [2.75, 3.05) is 13.2 Å². The first-order valence-corrected chi connectivity index (χ1v) is 12.9. The van der Waals surface area contributed by atoms with E-state index in [1.54, 1.807) is 0 Å². The summed E-state index contributed by atoms with van der Waals surface area (Å²) in [6.45, 7) is 7.71. The first-order chi connectivity index (χ1) is 15.0. The van der Waals surface area contributed by atoms with Gasteiger partial charge in [0.1, 0.15) is 12.8 Å². The van der Waals surface area contributed by atoms with E-state index in [4.69, 9.17) is 16.3 Å². The highest BCUT2D eigenvalue weighted by Crippen LogP contribution is 2.67. The predicted molar refractivity (Wildman–Crippen MR) is 123 cm³/mol. The molecule has 0 aromatic heterocycles. The topological polar surface area (TPSA) is 67.4 Å². The van der Waals surface area contributed by atoms with Crippen LogP contribution in [0.15, 0.2) is 0 Å². The molecule has 5 rings (SSSR count). The van der Waals surface area contributed by atoms with Crippen LogP contribution in [0.3, 0.4) is 0 Å². The smallest absolute Gasteiger partial charge is 0.246 e.